The third-order valence-corrected chi connectivity index (χ3v) is 3.00. The lowest BCUT2D eigenvalue weighted by atomic mass is 9.88. The molecule has 0 aliphatic carbocycles. The normalized spacial score (nSPS) is 27.5. The van der Waals surface area contributed by atoms with Crippen molar-refractivity contribution in [3.05, 3.63) is 30.1 Å². The van der Waals surface area contributed by atoms with Crippen molar-refractivity contribution in [1.82, 2.24) is 4.98 Å². The molecule has 76 valence electrons. The van der Waals surface area contributed by atoms with Gasteiger partial charge in [0.2, 0.25) is 0 Å². The third-order valence-electron chi connectivity index (χ3n) is 3.00. The molecule has 0 N–H and O–H groups in total. The number of nitrogens with zero attached hydrogens (tertiary/aromatic N) is 1. The van der Waals surface area contributed by atoms with Crippen molar-refractivity contribution >= 4 is 0 Å². The van der Waals surface area contributed by atoms with Gasteiger partial charge in [-0.05, 0) is 42.9 Å². The van der Waals surface area contributed by atoms with Gasteiger partial charge in [0.25, 0.3) is 0 Å². The zero-order chi connectivity index (χ0) is 9.80. The number of pyridine rings is 1. The molecule has 1 saturated heterocycles. The molecule has 2 atom stereocenters. The molecule has 2 unspecified atom stereocenters. The molecule has 0 aromatic carbocycles. The average molecular weight is 191 g/mol. The largest absolute Gasteiger partial charge is 0.378 e. The molecule has 0 saturated carbocycles. The van der Waals surface area contributed by atoms with E-state index in [1.165, 1.54) is 12.0 Å². The Morgan fingerprint density at radius 3 is 2.93 bits per heavy atom. The van der Waals surface area contributed by atoms with Crippen LogP contribution in [0.15, 0.2) is 24.5 Å². The second-order valence-corrected chi connectivity index (χ2v) is 3.90. The highest BCUT2D eigenvalue weighted by molar-refractivity contribution is 5.16. The summed E-state index contributed by atoms with van der Waals surface area (Å²) in [6, 6.07) is 4.26. The summed E-state index contributed by atoms with van der Waals surface area (Å²) in [7, 11) is 0. The molecule has 0 amide bonds. The van der Waals surface area contributed by atoms with Crippen LogP contribution in [0.1, 0.15) is 37.7 Å². The van der Waals surface area contributed by atoms with Crippen molar-refractivity contribution in [3.63, 3.8) is 0 Å². The van der Waals surface area contributed by atoms with Gasteiger partial charge in [-0.15, -0.1) is 0 Å². The van der Waals surface area contributed by atoms with E-state index < -0.39 is 0 Å². The minimum Gasteiger partial charge on any atom is -0.378 e. The summed E-state index contributed by atoms with van der Waals surface area (Å²) < 4.78 is 5.66. The topological polar surface area (TPSA) is 22.1 Å². The molecule has 1 aromatic rings. The molecule has 0 spiro atoms. The zero-order valence-corrected chi connectivity index (χ0v) is 8.65. The monoisotopic (exact) mass is 191 g/mol. The van der Waals surface area contributed by atoms with E-state index in [-0.39, 0.29) is 0 Å². The van der Waals surface area contributed by atoms with Crippen molar-refractivity contribution in [1.29, 1.82) is 0 Å². The fraction of sp³-hybridized carbons (Fsp3) is 0.583. The number of aromatic nitrogens is 1. The Bertz CT molecular complexity index is 273. The number of hydrogen-bond donors (Lipinski definition) is 0. The highest BCUT2D eigenvalue weighted by Gasteiger charge is 2.22. The van der Waals surface area contributed by atoms with Gasteiger partial charge >= 0.3 is 0 Å². The molecule has 1 aliphatic rings. The van der Waals surface area contributed by atoms with Crippen molar-refractivity contribution in [3.8, 4) is 0 Å². The third kappa shape index (κ3) is 2.13. The number of ether oxygens (including phenoxy) is 1. The maximum absolute atomic E-state index is 5.66. The fourth-order valence-corrected chi connectivity index (χ4v) is 2.10. The van der Waals surface area contributed by atoms with Crippen LogP contribution in [0.25, 0.3) is 0 Å². The quantitative estimate of drug-likeness (QED) is 0.717. The first-order valence-electron chi connectivity index (χ1n) is 5.41. The zero-order valence-electron chi connectivity index (χ0n) is 8.65. The summed E-state index contributed by atoms with van der Waals surface area (Å²) >= 11 is 0. The first-order valence-corrected chi connectivity index (χ1v) is 5.41. The SMILES string of the molecule is CCC1CC(c2ccncc2)CCO1. The summed E-state index contributed by atoms with van der Waals surface area (Å²) in [5.41, 5.74) is 1.42. The summed E-state index contributed by atoms with van der Waals surface area (Å²) in [4.78, 5) is 4.05. The van der Waals surface area contributed by atoms with Crippen LogP contribution in [0, 0.1) is 0 Å². The molecule has 14 heavy (non-hydrogen) atoms. The molecule has 1 fully saturated rings. The van der Waals surface area contributed by atoms with Crippen LogP contribution in [0.5, 0.6) is 0 Å². The molecule has 2 nitrogen and oxygen atoms in total. The van der Waals surface area contributed by atoms with Crippen LogP contribution in [0.2, 0.25) is 0 Å². The maximum atomic E-state index is 5.66. The fourth-order valence-electron chi connectivity index (χ4n) is 2.10. The number of rotatable bonds is 2. The minimum absolute atomic E-state index is 0.460. The van der Waals surface area contributed by atoms with Gasteiger partial charge in [-0.3, -0.25) is 4.98 Å². The van der Waals surface area contributed by atoms with E-state index in [9.17, 15) is 0 Å². The van der Waals surface area contributed by atoms with Gasteiger partial charge in [0.05, 0.1) is 6.10 Å². The van der Waals surface area contributed by atoms with Gasteiger partial charge in [0.15, 0.2) is 0 Å². The Labute approximate surface area is 85.3 Å². The van der Waals surface area contributed by atoms with E-state index in [0.717, 1.165) is 19.4 Å². The van der Waals surface area contributed by atoms with Crippen LogP contribution in [-0.2, 0) is 4.74 Å². The van der Waals surface area contributed by atoms with E-state index in [4.69, 9.17) is 4.74 Å². The summed E-state index contributed by atoms with van der Waals surface area (Å²) in [5.74, 6) is 0.677. The van der Waals surface area contributed by atoms with Gasteiger partial charge in [0.1, 0.15) is 0 Å². The summed E-state index contributed by atoms with van der Waals surface area (Å²) in [6.07, 6.45) is 7.67. The van der Waals surface area contributed by atoms with Crippen LogP contribution >= 0.6 is 0 Å². The van der Waals surface area contributed by atoms with Crippen molar-refractivity contribution in [2.75, 3.05) is 6.61 Å². The van der Waals surface area contributed by atoms with E-state index in [2.05, 4.69) is 24.0 Å². The molecule has 2 rings (SSSR count). The molecular weight excluding hydrogens is 174 g/mol. The van der Waals surface area contributed by atoms with Crippen LogP contribution in [-0.4, -0.2) is 17.7 Å². The second kappa shape index (κ2) is 4.56. The van der Waals surface area contributed by atoms with Crippen LogP contribution in [0.4, 0.5) is 0 Å². The predicted molar refractivity (Wildman–Crippen MR) is 56.2 cm³/mol. The predicted octanol–water partition coefficient (Wildman–Crippen LogP) is 2.75. The Hall–Kier alpha value is -0.890. The lowest BCUT2D eigenvalue weighted by molar-refractivity contribution is 0.00484. The maximum Gasteiger partial charge on any atom is 0.0578 e. The molecular formula is C12H17NO. The van der Waals surface area contributed by atoms with Crippen LogP contribution < -0.4 is 0 Å². The number of hydrogen-bond acceptors (Lipinski definition) is 2. The van der Waals surface area contributed by atoms with Crippen molar-refractivity contribution in [2.24, 2.45) is 0 Å². The first kappa shape index (κ1) is 9.66. The first-order chi connectivity index (χ1) is 6.90. The Morgan fingerprint density at radius 1 is 1.43 bits per heavy atom. The summed E-state index contributed by atoms with van der Waals surface area (Å²) in [5, 5.41) is 0. The molecule has 1 aromatic heterocycles. The Morgan fingerprint density at radius 2 is 2.21 bits per heavy atom. The molecule has 0 bridgehead atoms. The van der Waals surface area contributed by atoms with Gasteiger partial charge in [-0.1, -0.05) is 6.92 Å². The molecule has 1 aliphatic heterocycles. The molecule has 2 heteroatoms. The van der Waals surface area contributed by atoms with E-state index in [0.29, 0.717) is 12.0 Å². The Kier molecular flexibility index (Phi) is 3.14. The van der Waals surface area contributed by atoms with Crippen molar-refractivity contribution < 1.29 is 4.74 Å². The van der Waals surface area contributed by atoms with E-state index in [1.807, 2.05) is 12.4 Å². The van der Waals surface area contributed by atoms with E-state index in [1.54, 1.807) is 0 Å². The Balaban J connectivity index is 2.04. The lowest BCUT2D eigenvalue weighted by Crippen LogP contribution is -2.23. The van der Waals surface area contributed by atoms with Gasteiger partial charge < -0.3 is 4.74 Å². The minimum atomic E-state index is 0.460. The molecule has 0 radical (unpaired) electrons. The van der Waals surface area contributed by atoms with Crippen molar-refractivity contribution in [2.45, 2.75) is 38.2 Å². The van der Waals surface area contributed by atoms with Crippen LogP contribution in [0.3, 0.4) is 0 Å². The highest BCUT2D eigenvalue weighted by Crippen LogP contribution is 2.30. The van der Waals surface area contributed by atoms with Gasteiger partial charge in [-0.25, -0.2) is 0 Å². The van der Waals surface area contributed by atoms with Gasteiger partial charge in [-0.2, -0.15) is 0 Å². The lowest BCUT2D eigenvalue weighted by Gasteiger charge is -2.29. The standard InChI is InChI=1S/C12H17NO/c1-2-12-9-11(5-8-14-12)10-3-6-13-7-4-10/h3-4,6-7,11-12H,2,5,8-9H2,1H3. The van der Waals surface area contributed by atoms with E-state index >= 15 is 0 Å². The summed E-state index contributed by atoms with van der Waals surface area (Å²) in [6.45, 7) is 3.10. The highest BCUT2D eigenvalue weighted by atomic mass is 16.5. The second-order valence-electron chi connectivity index (χ2n) is 3.90. The van der Waals surface area contributed by atoms with Gasteiger partial charge in [0, 0.05) is 19.0 Å². The molecule has 2 heterocycles. The smallest absolute Gasteiger partial charge is 0.0578 e. The average Bonchev–Trinajstić information content (AvgIpc) is 2.30.